The number of rotatable bonds is 18. The molecule has 109 heavy (non-hydrogen) atoms. The van der Waals surface area contributed by atoms with E-state index in [0.29, 0.717) is 59.0 Å². The molecule has 0 N–H and O–H groups in total. The van der Waals surface area contributed by atoms with E-state index < -0.39 is 0 Å². The minimum Gasteiger partial charge on any atom is -0.753 e. The molecule has 0 aliphatic carbocycles. The largest absolute Gasteiger partial charge is 2.00 e. The maximum atomic E-state index is 7.13. The van der Waals surface area contributed by atoms with Gasteiger partial charge in [0, 0.05) is 70.3 Å². The summed E-state index contributed by atoms with van der Waals surface area (Å²) < 4.78 is 0. The van der Waals surface area contributed by atoms with Crippen molar-refractivity contribution in [2.45, 2.75) is 0 Å². The van der Waals surface area contributed by atoms with Crippen molar-refractivity contribution in [1.29, 1.82) is 0 Å². The summed E-state index contributed by atoms with van der Waals surface area (Å²) in [5.41, 5.74) is 7.22. The number of thiocarbonyl (C=S) groups is 2. The molecular weight excluding hydrogens is 1620 g/mol. The standard InChI is InChI=1S/2C37H28N8.4CH2Cl2.2CNS.Fe/c2*1-5-17-29(18-6-1)43(30-19-7-2-8-20-30)35-40-36(44(31-21-9-3-10-22-31)32-23-11-4-12-24-32)42-37(41-35)45(33-25-13-15-27-38-33)34-26-14-16-28-39-34;6*2-1-3;/h2*1-28H;4*1H2;;;/q;;;;;;2*-1;+2. The van der Waals surface area contributed by atoms with Gasteiger partial charge in [-0.05, 0) is 146 Å². The Hall–Kier alpha value is -10.4. The summed E-state index contributed by atoms with van der Waals surface area (Å²) in [6, 6.07) is 104. The first-order chi connectivity index (χ1) is 53.2. The molecular formula is C80H64Cl8FeN18S2. The summed E-state index contributed by atoms with van der Waals surface area (Å²) in [6.07, 6.45) is 6.98. The molecule has 14 rings (SSSR count). The van der Waals surface area contributed by atoms with Gasteiger partial charge in [0.25, 0.3) is 0 Å². The Labute approximate surface area is 694 Å². The molecule has 0 unspecified atom stereocenters. The van der Waals surface area contributed by atoms with Gasteiger partial charge in [0.15, 0.2) is 0 Å². The Balaban J connectivity index is 0.000000278. The molecule has 18 nitrogen and oxygen atoms in total. The second-order valence-corrected chi connectivity index (χ2v) is 24.1. The summed E-state index contributed by atoms with van der Waals surface area (Å²) >= 11 is 45.5. The van der Waals surface area contributed by atoms with E-state index in [2.05, 4.69) is 44.4 Å². The number of alkyl halides is 8. The van der Waals surface area contributed by atoms with Crippen LogP contribution in [0.4, 0.5) is 104 Å². The van der Waals surface area contributed by atoms with E-state index in [9.17, 15) is 0 Å². The molecule has 0 radical (unpaired) electrons. The number of aromatic nitrogens is 10. The molecule has 0 fully saturated rings. The second-order valence-electron chi connectivity index (χ2n) is 20.5. The maximum Gasteiger partial charge on any atom is 2.00 e. The van der Waals surface area contributed by atoms with Crippen LogP contribution in [-0.4, -0.2) is 81.5 Å². The molecule has 0 saturated carbocycles. The van der Waals surface area contributed by atoms with Gasteiger partial charge in [0.2, 0.25) is 35.7 Å². The van der Waals surface area contributed by atoms with Crippen molar-refractivity contribution in [3.8, 4) is 0 Å². The van der Waals surface area contributed by atoms with Crippen molar-refractivity contribution in [1.82, 2.24) is 49.8 Å². The van der Waals surface area contributed by atoms with Gasteiger partial charge in [0.05, 0.1) is 21.4 Å². The number of halogens is 8. The quantitative estimate of drug-likeness (QED) is 0.0340. The molecule has 0 bridgehead atoms. The first kappa shape index (κ1) is 87.5. The van der Waals surface area contributed by atoms with Crippen molar-refractivity contribution >= 4 is 232 Å². The Bertz CT molecular complexity index is 3800. The number of benzene rings is 8. The Morgan fingerprint density at radius 1 is 0.220 bits per heavy atom. The van der Waals surface area contributed by atoms with Gasteiger partial charge in [0.1, 0.15) is 23.3 Å². The maximum absolute atomic E-state index is 7.13. The van der Waals surface area contributed by atoms with Crippen LogP contribution in [0.1, 0.15) is 0 Å². The van der Waals surface area contributed by atoms with Crippen LogP contribution in [0.15, 0.2) is 340 Å². The van der Waals surface area contributed by atoms with Gasteiger partial charge in [-0.25, -0.2) is 29.7 Å². The van der Waals surface area contributed by atoms with Gasteiger partial charge < -0.3 is 10.8 Å². The van der Waals surface area contributed by atoms with Crippen molar-refractivity contribution in [3.63, 3.8) is 0 Å². The third-order valence-electron chi connectivity index (χ3n) is 14.0. The predicted molar refractivity (Wildman–Crippen MR) is 457 cm³/mol. The van der Waals surface area contributed by atoms with Crippen molar-refractivity contribution in [2.75, 3.05) is 50.8 Å². The minimum atomic E-state index is 0. The van der Waals surface area contributed by atoms with E-state index in [1.54, 1.807) is 24.8 Å². The molecule has 0 amide bonds. The van der Waals surface area contributed by atoms with Crippen LogP contribution in [-0.2, 0) is 17.1 Å². The summed E-state index contributed by atoms with van der Waals surface area (Å²) in [4.78, 5) is 61.4. The Morgan fingerprint density at radius 2 is 0.339 bits per heavy atom. The molecule has 0 spiro atoms. The van der Waals surface area contributed by atoms with Gasteiger partial charge in [-0.3, -0.25) is 19.6 Å². The van der Waals surface area contributed by atoms with Crippen LogP contribution in [0.5, 0.6) is 0 Å². The van der Waals surface area contributed by atoms with Gasteiger partial charge >= 0.3 is 17.1 Å². The summed E-state index contributed by atoms with van der Waals surface area (Å²) in [6.45, 7) is 0. The van der Waals surface area contributed by atoms with E-state index in [1.165, 1.54) is 10.3 Å². The molecule has 29 heteroatoms. The number of isothiocyanates is 2. The van der Waals surface area contributed by atoms with E-state index in [1.807, 2.05) is 345 Å². The van der Waals surface area contributed by atoms with Crippen molar-refractivity contribution in [2.24, 2.45) is 0 Å². The number of hydrogen-bond acceptors (Lipinski definition) is 18. The molecule has 6 aromatic heterocycles. The number of para-hydroxylation sites is 8. The third kappa shape index (κ3) is 27.1. The average molecular weight is 1680 g/mol. The van der Waals surface area contributed by atoms with Crippen LogP contribution >= 0.6 is 117 Å². The fraction of sp³-hybridized carbons (Fsp3) is 0.0500. The first-order valence-electron chi connectivity index (χ1n) is 32.1. The fourth-order valence-electron chi connectivity index (χ4n) is 10.0. The minimum absolute atomic E-state index is 0. The topological polar surface area (TPSA) is 193 Å². The molecule has 0 atom stereocenters. The first-order valence-corrected chi connectivity index (χ1v) is 37.2. The van der Waals surface area contributed by atoms with Gasteiger partial charge in [-0.15, -0.1) is 92.8 Å². The number of pyridine rings is 4. The molecule has 6 heterocycles. The van der Waals surface area contributed by atoms with Crippen molar-refractivity contribution in [3.05, 3.63) is 351 Å². The van der Waals surface area contributed by atoms with Crippen LogP contribution in [0, 0.1) is 0 Å². The molecule has 14 aromatic rings. The van der Waals surface area contributed by atoms with E-state index in [-0.39, 0.29) is 38.4 Å². The third-order valence-corrected chi connectivity index (χ3v) is 14.0. The molecule has 0 aliphatic rings. The Morgan fingerprint density at radius 3 is 0.459 bits per heavy atom. The number of hydrogen-bond donors (Lipinski definition) is 0. The predicted octanol–water partition coefficient (Wildman–Crippen LogP) is 25.1. The summed E-state index contributed by atoms with van der Waals surface area (Å²) in [7, 11) is 0. The Kier molecular flexibility index (Phi) is 41.0. The number of anilines is 18. The summed E-state index contributed by atoms with van der Waals surface area (Å²) in [5, 5.41) is 17.7. The zero-order valence-corrected chi connectivity index (χ0v) is 66.2. The molecule has 8 aromatic carbocycles. The van der Waals surface area contributed by atoms with Crippen LogP contribution in [0.25, 0.3) is 10.8 Å². The van der Waals surface area contributed by atoms with Gasteiger partial charge in [-0.1, -0.05) is 194 Å². The van der Waals surface area contributed by atoms with Crippen LogP contribution in [0.2, 0.25) is 0 Å². The normalized spacial score (nSPS) is 9.61. The summed E-state index contributed by atoms with van der Waals surface area (Å²) in [5.74, 6) is 4.94. The SMILES string of the molecule is ClCCl.ClCCl.ClCCl.ClCCl.[Fe+2].[N-]=C=S.[N-]=C=S.c1ccc(N(c2ccccc2)c2nc(N(c3ccccc3)c3ccccc3)nc(N(c3ccccn3)c3ccccn3)n2)cc1.c1ccc(N(c2ccccc2)c2nc(N(c3ccccc3)c3ccccc3)nc(N(c3ccccn3)c3ccccn3)n2)cc1. The zero-order valence-electron chi connectivity index (χ0n) is 57.4. The molecule has 0 aliphatic heterocycles. The molecule has 550 valence electrons. The smallest absolute Gasteiger partial charge is 0.753 e. The zero-order chi connectivity index (χ0) is 76.8. The second kappa shape index (κ2) is 51.0. The van der Waals surface area contributed by atoms with E-state index >= 15 is 0 Å². The van der Waals surface area contributed by atoms with E-state index in [0.717, 1.165) is 45.5 Å². The average Bonchev–Trinajstić information content (AvgIpc) is 0.773. The monoisotopic (exact) mass is 1680 g/mol. The van der Waals surface area contributed by atoms with E-state index in [4.69, 9.17) is 134 Å². The molecule has 0 saturated heterocycles. The van der Waals surface area contributed by atoms with Crippen LogP contribution < -0.4 is 29.4 Å². The number of nitrogens with zero attached hydrogens (tertiary/aromatic N) is 18. The van der Waals surface area contributed by atoms with Crippen molar-refractivity contribution < 1.29 is 17.1 Å². The fourth-order valence-corrected chi connectivity index (χ4v) is 10.0. The van der Waals surface area contributed by atoms with Crippen LogP contribution in [0.3, 0.4) is 0 Å². The van der Waals surface area contributed by atoms with Gasteiger partial charge in [-0.2, -0.15) is 40.2 Å².